The van der Waals surface area contributed by atoms with Crippen LogP contribution in [0.3, 0.4) is 0 Å². The van der Waals surface area contributed by atoms with Crippen LogP contribution in [-0.4, -0.2) is 18.1 Å². The highest BCUT2D eigenvalue weighted by Gasteiger charge is 1.87. The normalized spacial score (nSPS) is 10.3. The molecule has 0 N–H and O–H groups in total. The molecule has 0 aliphatic carbocycles. The lowest BCUT2D eigenvalue weighted by atomic mass is 10.3. The highest BCUT2D eigenvalue weighted by atomic mass is 16.6. The molecule has 0 bridgehead atoms. The smallest absolute Gasteiger partial charge is 0.230 e. The second-order valence-corrected chi connectivity index (χ2v) is 2.02. The van der Waals surface area contributed by atoms with Gasteiger partial charge in [-0.25, -0.2) is 0 Å². The molecule has 1 radical (unpaired) electrons. The summed E-state index contributed by atoms with van der Waals surface area (Å²) in [5, 5.41) is 9.79. The standard InChI is InChI=1S/C8H12NO3/c1-2-7-12-8-5-3-4-6-9(10)11/h2,4-6H,1,3,7-8H2. The quantitative estimate of drug-likeness (QED) is 0.252. The van der Waals surface area contributed by atoms with E-state index in [9.17, 15) is 10.1 Å². The van der Waals surface area contributed by atoms with Crippen molar-refractivity contribution < 1.29 is 9.66 Å². The number of hydrogen-bond acceptors (Lipinski definition) is 3. The molecule has 12 heavy (non-hydrogen) atoms. The summed E-state index contributed by atoms with van der Waals surface area (Å²) in [5.74, 6) is 0. The van der Waals surface area contributed by atoms with Gasteiger partial charge in [0.25, 0.3) is 0 Å². The van der Waals surface area contributed by atoms with Gasteiger partial charge in [0.2, 0.25) is 6.20 Å². The van der Waals surface area contributed by atoms with Crippen LogP contribution in [0.5, 0.6) is 0 Å². The van der Waals surface area contributed by atoms with Crippen molar-refractivity contribution in [1.29, 1.82) is 0 Å². The number of nitro groups is 1. The first-order valence-electron chi connectivity index (χ1n) is 3.58. The Kier molecular flexibility index (Phi) is 7.17. The Labute approximate surface area is 71.7 Å². The molecule has 0 aromatic carbocycles. The highest BCUT2D eigenvalue weighted by molar-refractivity contribution is 4.81. The molecular formula is C8H12NO3. The molecule has 0 unspecified atom stereocenters. The summed E-state index contributed by atoms with van der Waals surface area (Å²) in [6.07, 6.45) is 6.41. The summed E-state index contributed by atoms with van der Waals surface area (Å²) in [4.78, 5) is 9.31. The molecule has 0 saturated heterocycles. The van der Waals surface area contributed by atoms with Gasteiger partial charge >= 0.3 is 0 Å². The zero-order chi connectivity index (χ0) is 9.23. The van der Waals surface area contributed by atoms with Crippen LogP contribution in [0, 0.1) is 16.5 Å². The summed E-state index contributed by atoms with van der Waals surface area (Å²) in [5.41, 5.74) is 0. The zero-order valence-corrected chi connectivity index (χ0v) is 6.81. The fourth-order valence-corrected chi connectivity index (χ4v) is 0.546. The Morgan fingerprint density at radius 3 is 2.83 bits per heavy atom. The van der Waals surface area contributed by atoms with Crippen LogP contribution in [0.4, 0.5) is 0 Å². The fourth-order valence-electron chi connectivity index (χ4n) is 0.546. The first-order valence-corrected chi connectivity index (χ1v) is 3.58. The molecule has 0 aliphatic rings. The number of unbranched alkanes of at least 4 members (excludes halogenated alkanes) is 1. The van der Waals surface area contributed by atoms with Crippen molar-refractivity contribution in [2.75, 3.05) is 13.2 Å². The minimum absolute atomic E-state index is 0.488. The number of rotatable bonds is 7. The van der Waals surface area contributed by atoms with Gasteiger partial charge in [0.05, 0.1) is 18.1 Å². The highest BCUT2D eigenvalue weighted by Crippen LogP contribution is 1.90. The SMILES string of the molecule is C=CCOC[CH]CC=C[N+](=O)[O-]. The third-order valence-corrected chi connectivity index (χ3v) is 1.00. The van der Waals surface area contributed by atoms with Crippen LogP contribution in [0.1, 0.15) is 6.42 Å². The number of nitrogens with zero attached hydrogens (tertiary/aromatic N) is 1. The van der Waals surface area contributed by atoms with Crippen molar-refractivity contribution in [2.45, 2.75) is 6.42 Å². The molecule has 0 spiro atoms. The molecule has 0 fully saturated rings. The van der Waals surface area contributed by atoms with E-state index in [4.69, 9.17) is 4.74 Å². The van der Waals surface area contributed by atoms with Crippen molar-refractivity contribution >= 4 is 0 Å². The zero-order valence-electron chi connectivity index (χ0n) is 6.81. The average Bonchev–Trinajstić information content (AvgIpc) is 2.02. The van der Waals surface area contributed by atoms with E-state index in [1.807, 2.05) is 6.42 Å². The minimum Gasteiger partial charge on any atom is -0.377 e. The molecule has 0 aliphatic heterocycles. The van der Waals surface area contributed by atoms with Crippen LogP contribution in [0.25, 0.3) is 0 Å². The van der Waals surface area contributed by atoms with Gasteiger partial charge in [0.1, 0.15) is 0 Å². The van der Waals surface area contributed by atoms with Gasteiger partial charge in [-0.15, -0.1) is 6.58 Å². The third-order valence-electron chi connectivity index (χ3n) is 1.00. The molecule has 0 aromatic heterocycles. The predicted octanol–water partition coefficient (Wildman–Crippen LogP) is 1.57. The number of hydrogen-bond donors (Lipinski definition) is 0. The van der Waals surface area contributed by atoms with E-state index in [1.54, 1.807) is 6.08 Å². The second-order valence-electron chi connectivity index (χ2n) is 2.02. The molecule has 0 rings (SSSR count). The first kappa shape index (κ1) is 10.8. The molecule has 0 aromatic rings. The Morgan fingerprint density at radius 2 is 2.25 bits per heavy atom. The van der Waals surface area contributed by atoms with Gasteiger partial charge in [-0.3, -0.25) is 10.1 Å². The van der Waals surface area contributed by atoms with Gasteiger partial charge in [0, 0.05) is 0 Å². The summed E-state index contributed by atoms with van der Waals surface area (Å²) < 4.78 is 5.01. The van der Waals surface area contributed by atoms with Gasteiger partial charge in [0.15, 0.2) is 0 Å². The van der Waals surface area contributed by atoms with Crippen molar-refractivity contribution in [3.05, 3.63) is 41.5 Å². The van der Waals surface area contributed by atoms with E-state index in [-0.39, 0.29) is 0 Å². The summed E-state index contributed by atoms with van der Waals surface area (Å²) in [7, 11) is 0. The Morgan fingerprint density at radius 1 is 1.50 bits per heavy atom. The summed E-state index contributed by atoms with van der Waals surface area (Å²) in [6, 6.07) is 0. The van der Waals surface area contributed by atoms with E-state index in [0.717, 1.165) is 6.20 Å². The Balaban J connectivity index is 3.10. The van der Waals surface area contributed by atoms with Gasteiger partial charge in [-0.05, 0) is 18.9 Å². The maximum atomic E-state index is 9.79. The second kappa shape index (κ2) is 7.94. The van der Waals surface area contributed by atoms with Crippen LogP contribution >= 0.6 is 0 Å². The maximum Gasteiger partial charge on any atom is 0.230 e. The van der Waals surface area contributed by atoms with Crippen LogP contribution < -0.4 is 0 Å². The lowest BCUT2D eigenvalue weighted by Crippen LogP contribution is -1.93. The van der Waals surface area contributed by atoms with E-state index in [2.05, 4.69) is 6.58 Å². The van der Waals surface area contributed by atoms with E-state index < -0.39 is 4.92 Å². The van der Waals surface area contributed by atoms with Crippen LogP contribution in [-0.2, 0) is 4.74 Å². The third kappa shape index (κ3) is 8.84. The lowest BCUT2D eigenvalue weighted by Gasteiger charge is -1.96. The largest absolute Gasteiger partial charge is 0.377 e. The van der Waals surface area contributed by atoms with Crippen LogP contribution in [0.15, 0.2) is 24.9 Å². The number of ether oxygens (including phenoxy) is 1. The topological polar surface area (TPSA) is 52.4 Å². The number of allylic oxidation sites excluding steroid dienone is 1. The van der Waals surface area contributed by atoms with Crippen molar-refractivity contribution in [2.24, 2.45) is 0 Å². The summed E-state index contributed by atoms with van der Waals surface area (Å²) in [6.45, 7) is 4.48. The van der Waals surface area contributed by atoms with Crippen molar-refractivity contribution in [1.82, 2.24) is 0 Å². The van der Waals surface area contributed by atoms with Crippen molar-refractivity contribution in [3.8, 4) is 0 Å². The Bertz CT molecular complexity index is 166. The molecule has 0 amide bonds. The monoisotopic (exact) mass is 170 g/mol. The van der Waals surface area contributed by atoms with Crippen molar-refractivity contribution in [3.63, 3.8) is 0 Å². The molecule has 4 nitrogen and oxygen atoms in total. The van der Waals surface area contributed by atoms with E-state index >= 15 is 0 Å². The molecule has 67 valence electrons. The first-order chi connectivity index (χ1) is 5.77. The molecule has 0 heterocycles. The van der Waals surface area contributed by atoms with Gasteiger partial charge in [-0.2, -0.15) is 0 Å². The van der Waals surface area contributed by atoms with E-state index in [1.165, 1.54) is 6.08 Å². The lowest BCUT2D eigenvalue weighted by molar-refractivity contribution is -0.402. The average molecular weight is 170 g/mol. The minimum atomic E-state index is -0.488. The molecular weight excluding hydrogens is 158 g/mol. The van der Waals surface area contributed by atoms with Gasteiger partial charge < -0.3 is 4.74 Å². The molecule has 4 heteroatoms. The predicted molar refractivity (Wildman–Crippen MR) is 46.1 cm³/mol. The maximum absolute atomic E-state index is 9.79. The molecule has 0 saturated carbocycles. The molecule has 0 atom stereocenters. The summed E-state index contributed by atoms with van der Waals surface area (Å²) >= 11 is 0. The van der Waals surface area contributed by atoms with Gasteiger partial charge in [-0.1, -0.05) is 6.08 Å². The fraction of sp³-hybridized carbons (Fsp3) is 0.375. The van der Waals surface area contributed by atoms with Crippen LogP contribution in [0.2, 0.25) is 0 Å². The Hall–Kier alpha value is -1.16. The van der Waals surface area contributed by atoms with E-state index in [0.29, 0.717) is 19.6 Å².